The van der Waals surface area contributed by atoms with Gasteiger partial charge in [-0.25, -0.2) is 15.0 Å². The van der Waals surface area contributed by atoms with Crippen LogP contribution in [0.15, 0.2) is 150 Å². The lowest BCUT2D eigenvalue weighted by Gasteiger charge is -2.23. The number of aliphatic imine (C=N–C) groups is 1. The van der Waals surface area contributed by atoms with Crippen molar-refractivity contribution < 1.29 is 0 Å². The molecular weight excluding hydrogens is 574 g/mol. The quantitative estimate of drug-likeness (QED) is 0.203. The minimum absolute atomic E-state index is 0.131. The van der Waals surface area contributed by atoms with E-state index in [9.17, 15) is 0 Å². The number of nitrogens with zero attached hydrogens (tertiary/aromatic N) is 4. The second-order valence-corrected chi connectivity index (χ2v) is 12.4. The summed E-state index contributed by atoms with van der Waals surface area (Å²) in [7, 11) is 0. The third-order valence-electron chi connectivity index (χ3n) is 9.45. The predicted octanol–water partition coefficient (Wildman–Crippen LogP) is 9.57. The molecule has 0 aliphatic carbocycles. The van der Waals surface area contributed by atoms with Crippen LogP contribution in [0.5, 0.6) is 0 Å². The number of benzene rings is 6. The Balaban J connectivity index is 1.32. The molecule has 0 saturated carbocycles. The van der Waals surface area contributed by atoms with E-state index in [4.69, 9.17) is 19.9 Å². The van der Waals surface area contributed by atoms with Crippen LogP contribution in [0.25, 0.3) is 65.9 Å². The second-order valence-electron chi connectivity index (χ2n) is 12.4. The van der Waals surface area contributed by atoms with E-state index in [0.717, 1.165) is 51.3 Å². The van der Waals surface area contributed by atoms with Gasteiger partial charge in [0.2, 0.25) is 0 Å². The van der Waals surface area contributed by atoms with Crippen molar-refractivity contribution in [3.8, 4) is 22.8 Å². The highest BCUT2D eigenvalue weighted by molar-refractivity contribution is 6.15. The van der Waals surface area contributed by atoms with E-state index in [1.54, 1.807) is 0 Å². The average molecular weight is 606 g/mol. The number of allylic oxidation sites excluding steroid dienone is 2. The molecule has 0 fully saturated rings. The molecule has 7 aromatic rings. The van der Waals surface area contributed by atoms with Gasteiger partial charge in [0.15, 0.2) is 17.5 Å². The summed E-state index contributed by atoms with van der Waals surface area (Å²) in [5.41, 5.74) is 5.37. The fourth-order valence-electron chi connectivity index (χ4n) is 7.14. The monoisotopic (exact) mass is 605 g/mol. The number of aromatic nitrogens is 3. The van der Waals surface area contributed by atoms with Gasteiger partial charge in [-0.2, -0.15) is 0 Å². The van der Waals surface area contributed by atoms with Crippen LogP contribution in [0.3, 0.4) is 0 Å². The van der Waals surface area contributed by atoms with Crippen LogP contribution in [-0.4, -0.2) is 27.2 Å². The van der Waals surface area contributed by atoms with E-state index in [2.05, 4.69) is 134 Å². The highest BCUT2D eigenvalue weighted by atomic mass is 15.0. The fraction of sp³-hybridized carbons (Fsp3) is 0.0952. The summed E-state index contributed by atoms with van der Waals surface area (Å²) in [6.07, 6.45) is 9.07. The number of hydrogen-bond donors (Lipinski definition) is 1. The van der Waals surface area contributed by atoms with Gasteiger partial charge in [-0.05, 0) is 85.1 Å². The molecule has 0 radical (unpaired) electrons. The van der Waals surface area contributed by atoms with Gasteiger partial charge in [0.25, 0.3) is 0 Å². The first kappa shape index (κ1) is 27.4. The zero-order chi connectivity index (χ0) is 31.3. The van der Waals surface area contributed by atoms with Gasteiger partial charge < -0.3 is 5.32 Å². The molecule has 0 spiro atoms. The molecule has 0 amide bonds. The zero-order valence-electron chi connectivity index (χ0n) is 26.0. The highest BCUT2D eigenvalue weighted by Crippen LogP contribution is 2.37. The van der Waals surface area contributed by atoms with Gasteiger partial charge in [-0.3, -0.25) is 4.99 Å². The Bertz CT molecular complexity index is 2380. The van der Waals surface area contributed by atoms with Crippen LogP contribution >= 0.6 is 0 Å². The van der Waals surface area contributed by atoms with Crippen LogP contribution < -0.4 is 5.32 Å². The first-order valence-electron chi connectivity index (χ1n) is 16.2. The second kappa shape index (κ2) is 11.1. The normalized spacial score (nSPS) is 16.3. The molecule has 5 nitrogen and oxygen atoms in total. The minimum Gasteiger partial charge on any atom is -0.387 e. The number of rotatable bonds is 4. The molecule has 1 atom stereocenters. The van der Waals surface area contributed by atoms with Crippen LogP contribution in [0.1, 0.15) is 19.2 Å². The van der Waals surface area contributed by atoms with E-state index in [1.165, 1.54) is 32.7 Å². The summed E-state index contributed by atoms with van der Waals surface area (Å²) >= 11 is 0. The molecule has 6 aromatic carbocycles. The first-order valence-corrected chi connectivity index (χ1v) is 16.2. The molecule has 1 aromatic heterocycles. The Morgan fingerprint density at radius 3 is 1.62 bits per heavy atom. The topological polar surface area (TPSA) is 63.1 Å². The van der Waals surface area contributed by atoms with Crippen molar-refractivity contribution in [3.63, 3.8) is 0 Å². The minimum atomic E-state index is 0.131. The highest BCUT2D eigenvalue weighted by Gasteiger charge is 2.25. The van der Waals surface area contributed by atoms with E-state index >= 15 is 0 Å². The van der Waals surface area contributed by atoms with Gasteiger partial charge in [0, 0.05) is 29.8 Å². The maximum absolute atomic E-state index is 5.28. The number of dihydropyridines is 1. The van der Waals surface area contributed by atoms with Crippen molar-refractivity contribution >= 4 is 48.8 Å². The van der Waals surface area contributed by atoms with Crippen molar-refractivity contribution in [1.29, 1.82) is 0 Å². The van der Waals surface area contributed by atoms with Crippen molar-refractivity contribution in [3.05, 3.63) is 151 Å². The molecule has 9 rings (SSSR count). The molecule has 224 valence electrons. The van der Waals surface area contributed by atoms with Gasteiger partial charge >= 0.3 is 0 Å². The van der Waals surface area contributed by atoms with E-state index in [1.807, 2.05) is 12.4 Å². The summed E-state index contributed by atoms with van der Waals surface area (Å²) in [6.45, 7) is 3.03. The summed E-state index contributed by atoms with van der Waals surface area (Å²) in [6, 6.07) is 38.6. The van der Waals surface area contributed by atoms with Crippen LogP contribution in [0, 0.1) is 5.92 Å². The third-order valence-corrected chi connectivity index (χ3v) is 9.45. The maximum Gasteiger partial charge on any atom is 0.178 e. The Morgan fingerprint density at radius 2 is 1.09 bits per heavy atom. The van der Waals surface area contributed by atoms with Crippen LogP contribution in [0.2, 0.25) is 0 Å². The lowest BCUT2D eigenvalue weighted by molar-refractivity contribution is 0.731. The number of nitrogens with one attached hydrogen (secondary N) is 1. The first-order chi connectivity index (χ1) is 23.2. The lowest BCUT2D eigenvalue weighted by atomic mass is 9.89. The van der Waals surface area contributed by atoms with E-state index < -0.39 is 0 Å². The van der Waals surface area contributed by atoms with Crippen molar-refractivity contribution in [1.82, 2.24) is 20.3 Å². The maximum atomic E-state index is 5.28. The van der Waals surface area contributed by atoms with Crippen molar-refractivity contribution in [2.45, 2.75) is 13.3 Å². The Labute approximate surface area is 272 Å². The molecule has 1 N–H and O–H groups in total. The zero-order valence-corrected chi connectivity index (χ0v) is 26.0. The third kappa shape index (κ3) is 4.70. The molecule has 5 heteroatoms. The van der Waals surface area contributed by atoms with Gasteiger partial charge in [-0.1, -0.05) is 110 Å². The molecule has 1 unspecified atom stereocenters. The number of fused-ring (bicyclic) bond motifs is 6. The predicted molar refractivity (Wildman–Crippen MR) is 194 cm³/mol. The molecule has 0 saturated heterocycles. The molecule has 0 bridgehead atoms. The van der Waals surface area contributed by atoms with Crippen LogP contribution in [-0.2, 0) is 0 Å². The fourth-order valence-corrected chi connectivity index (χ4v) is 7.14. The van der Waals surface area contributed by atoms with E-state index in [0.29, 0.717) is 17.5 Å². The summed E-state index contributed by atoms with van der Waals surface area (Å²) in [5.74, 6) is 2.06. The van der Waals surface area contributed by atoms with E-state index in [-0.39, 0.29) is 5.92 Å². The smallest absolute Gasteiger partial charge is 0.178 e. The van der Waals surface area contributed by atoms with Crippen molar-refractivity contribution in [2.75, 3.05) is 6.54 Å². The average Bonchev–Trinajstić information content (AvgIpc) is 3.14. The lowest BCUT2D eigenvalue weighted by Crippen LogP contribution is -2.23. The SMILES string of the molecule is CC1CC(C2=CC=CNC2)=CN=C1c1nc(-c2cc3ccccc3c3ccccc23)nc(-c2cc3ccccc3c3ccccc23)n1. The Kier molecular flexibility index (Phi) is 6.49. The van der Waals surface area contributed by atoms with Crippen LogP contribution in [0.4, 0.5) is 0 Å². The van der Waals surface area contributed by atoms with Gasteiger partial charge in [0.05, 0.1) is 5.71 Å². The molecule has 3 heterocycles. The molecule has 47 heavy (non-hydrogen) atoms. The summed E-state index contributed by atoms with van der Waals surface area (Å²) < 4.78 is 0. The Morgan fingerprint density at radius 1 is 0.574 bits per heavy atom. The standard InChI is InChI=1S/C42H31N5/c1-26-21-30(29-13-10-20-43-24-29)25-44-39(26)42-46-40(37-22-27-11-2-4-14-31(27)33-16-6-8-18-35(33)37)45-41(47-42)38-23-28-12-3-5-15-32(28)34-17-7-9-19-36(34)38/h2-20,22-23,25-26,43H,21,24H2,1H3. The molecule has 2 aliphatic rings. The molecule has 2 aliphatic heterocycles. The largest absolute Gasteiger partial charge is 0.387 e. The summed E-state index contributed by atoms with van der Waals surface area (Å²) in [4.78, 5) is 20.8. The molecular formula is C42H31N5. The summed E-state index contributed by atoms with van der Waals surface area (Å²) in [5, 5.41) is 12.6. The van der Waals surface area contributed by atoms with Crippen molar-refractivity contribution in [2.24, 2.45) is 10.9 Å². The van der Waals surface area contributed by atoms with Gasteiger partial charge in [0.1, 0.15) is 0 Å². The Hall–Kier alpha value is -5.94. The van der Waals surface area contributed by atoms with Gasteiger partial charge in [-0.15, -0.1) is 0 Å². The number of hydrogen-bond acceptors (Lipinski definition) is 5.